The van der Waals surface area contributed by atoms with E-state index in [-0.39, 0.29) is 0 Å². The Kier molecular flexibility index (Phi) is 13.5. The van der Waals surface area contributed by atoms with Gasteiger partial charge >= 0.3 is 0 Å². The third-order valence-corrected chi connectivity index (χ3v) is 7.71. The fourth-order valence-corrected chi connectivity index (χ4v) is 5.85. The summed E-state index contributed by atoms with van der Waals surface area (Å²) >= 11 is 0. The van der Waals surface area contributed by atoms with Crippen LogP contribution in [0.4, 0.5) is 0 Å². The minimum absolute atomic E-state index is 0.499. The monoisotopic (exact) mass is 412 g/mol. The molecule has 0 bridgehead atoms. The van der Waals surface area contributed by atoms with Crippen LogP contribution in [-0.2, 0) is 11.8 Å². The molecule has 0 amide bonds. The second-order valence-electron chi connectivity index (χ2n) is 10.2. The van der Waals surface area contributed by atoms with E-state index < -0.39 is 0 Å². The van der Waals surface area contributed by atoms with Gasteiger partial charge in [-0.3, -0.25) is 0 Å². The summed E-state index contributed by atoms with van der Waals surface area (Å²) in [5.41, 5.74) is 3.91. The Morgan fingerprint density at radius 1 is 0.600 bits per heavy atom. The van der Waals surface area contributed by atoms with Crippen LogP contribution >= 0.6 is 0 Å². The standard InChI is InChI=1S/C30H52/c1-3-5-7-9-11-13-15-19-25-30(26-20-16-14-12-10-8-6-4-2)27-21-23-28-22-17-18-24-29(28)30/h17-18,22,24H,3-16,19-21,23,25-27H2,1-2H3. The van der Waals surface area contributed by atoms with Crippen molar-refractivity contribution in [1.82, 2.24) is 0 Å². The van der Waals surface area contributed by atoms with Crippen LogP contribution in [0.2, 0.25) is 0 Å². The van der Waals surface area contributed by atoms with Crippen LogP contribution in [0.15, 0.2) is 24.3 Å². The van der Waals surface area contributed by atoms with Gasteiger partial charge in [0.05, 0.1) is 0 Å². The van der Waals surface area contributed by atoms with Crippen molar-refractivity contribution in [1.29, 1.82) is 0 Å². The maximum atomic E-state index is 2.49. The normalized spacial score (nSPS) is 15.3. The molecule has 0 aromatic heterocycles. The van der Waals surface area contributed by atoms with Crippen LogP contribution in [0.25, 0.3) is 0 Å². The lowest BCUT2D eigenvalue weighted by atomic mass is 9.64. The largest absolute Gasteiger partial charge is 0.0654 e. The lowest BCUT2D eigenvalue weighted by molar-refractivity contribution is 0.288. The molecule has 0 spiro atoms. The zero-order chi connectivity index (χ0) is 21.3. The van der Waals surface area contributed by atoms with Gasteiger partial charge in [0.1, 0.15) is 0 Å². The van der Waals surface area contributed by atoms with E-state index >= 15 is 0 Å². The van der Waals surface area contributed by atoms with Gasteiger partial charge in [0.15, 0.2) is 0 Å². The lowest BCUT2D eigenvalue weighted by Gasteiger charge is -2.40. The Balaban J connectivity index is 1.79. The highest BCUT2D eigenvalue weighted by Crippen LogP contribution is 2.45. The summed E-state index contributed by atoms with van der Waals surface area (Å²) in [5, 5.41) is 0. The molecule has 0 N–H and O–H groups in total. The molecule has 0 unspecified atom stereocenters. The predicted octanol–water partition coefficient (Wildman–Crippen LogP) is 10.3. The highest BCUT2D eigenvalue weighted by molar-refractivity contribution is 5.36. The molecule has 0 nitrogen and oxygen atoms in total. The van der Waals surface area contributed by atoms with Crippen molar-refractivity contribution in [3.05, 3.63) is 35.4 Å². The molecule has 172 valence electrons. The zero-order valence-corrected chi connectivity index (χ0v) is 20.7. The molecule has 1 aliphatic carbocycles. The maximum Gasteiger partial charge on any atom is -0.00441 e. The topological polar surface area (TPSA) is 0 Å². The average Bonchev–Trinajstić information content (AvgIpc) is 2.78. The first kappa shape index (κ1) is 25.5. The highest BCUT2D eigenvalue weighted by atomic mass is 14.4. The van der Waals surface area contributed by atoms with E-state index in [2.05, 4.69) is 38.1 Å². The van der Waals surface area contributed by atoms with Crippen LogP contribution in [0.1, 0.15) is 153 Å². The Hall–Kier alpha value is -0.780. The summed E-state index contributed by atoms with van der Waals surface area (Å²) in [4.78, 5) is 0. The molecular formula is C30H52. The van der Waals surface area contributed by atoms with E-state index in [9.17, 15) is 0 Å². The molecule has 0 atom stereocenters. The zero-order valence-electron chi connectivity index (χ0n) is 20.7. The lowest BCUT2D eigenvalue weighted by Crippen LogP contribution is -2.31. The van der Waals surface area contributed by atoms with Crippen LogP contribution in [-0.4, -0.2) is 0 Å². The van der Waals surface area contributed by atoms with Gasteiger partial charge in [-0.1, -0.05) is 141 Å². The molecule has 0 saturated heterocycles. The fourth-order valence-electron chi connectivity index (χ4n) is 5.85. The van der Waals surface area contributed by atoms with Gasteiger partial charge in [-0.05, 0) is 48.6 Å². The first-order chi connectivity index (χ1) is 14.8. The van der Waals surface area contributed by atoms with Gasteiger partial charge in [-0.15, -0.1) is 0 Å². The van der Waals surface area contributed by atoms with Crippen molar-refractivity contribution in [3.63, 3.8) is 0 Å². The molecule has 1 aromatic rings. The molecule has 0 saturated carbocycles. The summed E-state index contributed by atoms with van der Waals surface area (Å²) in [7, 11) is 0. The number of unbranched alkanes of at least 4 members (excludes halogenated alkanes) is 14. The molecule has 1 aliphatic rings. The summed E-state index contributed by atoms with van der Waals surface area (Å²) in [6.07, 6.45) is 30.1. The highest BCUT2D eigenvalue weighted by Gasteiger charge is 2.35. The minimum Gasteiger partial charge on any atom is -0.0654 e. The first-order valence-corrected chi connectivity index (χ1v) is 13.9. The molecule has 0 heterocycles. The number of aryl methyl sites for hydroxylation is 1. The summed E-state index contributed by atoms with van der Waals surface area (Å²) in [6, 6.07) is 9.48. The molecule has 0 aliphatic heterocycles. The van der Waals surface area contributed by atoms with E-state index in [0.29, 0.717) is 5.41 Å². The number of hydrogen-bond donors (Lipinski definition) is 0. The van der Waals surface area contributed by atoms with Gasteiger partial charge in [0.25, 0.3) is 0 Å². The van der Waals surface area contributed by atoms with Gasteiger partial charge in [-0.2, -0.15) is 0 Å². The molecule has 30 heavy (non-hydrogen) atoms. The van der Waals surface area contributed by atoms with E-state index in [1.807, 2.05) is 0 Å². The first-order valence-electron chi connectivity index (χ1n) is 13.9. The third kappa shape index (κ3) is 9.15. The van der Waals surface area contributed by atoms with Crippen molar-refractivity contribution < 1.29 is 0 Å². The molecule has 0 fully saturated rings. The van der Waals surface area contributed by atoms with Crippen molar-refractivity contribution >= 4 is 0 Å². The Morgan fingerprint density at radius 2 is 1.07 bits per heavy atom. The van der Waals surface area contributed by atoms with E-state index in [0.717, 1.165) is 0 Å². The van der Waals surface area contributed by atoms with E-state index in [4.69, 9.17) is 0 Å². The Bertz CT molecular complexity index is 509. The maximum absolute atomic E-state index is 2.49. The third-order valence-electron chi connectivity index (χ3n) is 7.71. The summed E-state index contributed by atoms with van der Waals surface area (Å²) in [6.45, 7) is 4.63. The fraction of sp³-hybridized carbons (Fsp3) is 0.800. The number of benzene rings is 1. The minimum atomic E-state index is 0.499. The van der Waals surface area contributed by atoms with Gasteiger partial charge < -0.3 is 0 Å². The second kappa shape index (κ2) is 15.9. The molecular weight excluding hydrogens is 360 g/mol. The second-order valence-corrected chi connectivity index (χ2v) is 10.2. The predicted molar refractivity (Wildman–Crippen MR) is 136 cm³/mol. The Morgan fingerprint density at radius 3 is 1.60 bits per heavy atom. The number of fused-ring (bicyclic) bond motifs is 1. The molecule has 1 aromatic carbocycles. The van der Waals surface area contributed by atoms with Crippen LogP contribution in [0.5, 0.6) is 0 Å². The van der Waals surface area contributed by atoms with Gasteiger partial charge in [-0.25, -0.2) is 0 Å². The van der Waals surface area contributed by atoms with Crippen molar-refractivity contribution in [2.45, 2.75) is 154 Å². The van der Waals surface area contributed by atoms with E-state index in [1.54, 1.807) is 11.1 Å². The molecule has 2 rings (SSSR count). The van der Waals surface area contributed by atoms with Crippen molar-refractivity contribution in [3.8, 4) is 0 Å². The molecule has 0 heteroatoms. The quantitative estimate of drug-likeness (QED) is 0.210. The van der Waals surface area contributed by atoms with Crippen molar-refractivity contribution in [2.75, 3.05) is 0 Å². The Labute approximate surface area is 189 Å². The van der Waals surface area contributed by atoms with Crippen molar-refractivity contribution in [2.24, 2.45) is 0 Å². The average molecular weight is 413 g/mol. The van der Waals surface area contributed by atoms with Crippen LogP contribution in [0.3, 0.4) is 0 Å². The van der Waals surface area contributed by atoms with Gasteiger partial charge in [0, 0.05) is 0 Å². The van der Waals surface area contributed by atoms with Crippen LogP contribution < -0.4 is 0 Å². The summed E-state index contributed by atoms with van der Waals surface area (Å²) < 4.78 is 0. The smallest absolute Gasteiger partial charge is 0.00441 e. The SMILES string of the molecule is CCCCCCCCCCC1(CCCCCCCCCC)CCCc2ccccc21. The number of rotatable bonds is 18. The molecule has 0 radical (unpaired) electrons. The van der Waals surface area contributed by atoms with Gasteiger partial charge in [0.2, 0.25) is 0 Å². The van der Waals surface area contributed by atoms with Crippen LogP contribution in [0, 0.1) is 0 Å². The number of hydrogen-bond acceptors (Lipinski definition) is 0. The summed E-state index contributed by atoms with van der Waals surface area (Å²) in [5.74, 6) is 0. The van der Waals surface area contributed by atoms with E-state index in [1.165, 1.54) is 135 Å².